The van der Waals surface area contributed by atoms with Gasteiger partial charge in [0.2, 0.25) is 0 Å². The molecule has 0 atom stereocenters. The summed E-state index contributed by atoms with van der Waals surface area (Å²) in [7, 11) is 0. The highest BCUT2D eigenvalue weighted by Crippen LogP contribution is 2.39. The van der Waals surface area contributed by atoms with Crippen molar-refractivity contribution in [1.29, 1.82) is 0 Å². The van der Waals surface area contributed by atoms with Crippen molar-refractivity contribution in [3.05, 3.63) is 297 Å². The van der Waals surface area contributed by atoms with Crippen LogP contribution in [0.3, 0.4) is 0 Å². The molecular weight excluding hydrogens is 1330 g/mol. The molecule has 5 heterocycles. The molecule has 0 bridgehead atoms. The Kier molecular flexibility index (Phi) is 21.5. The van der Waals surface area contributed by atoms with E-state index in [9.17, 15) is 57.1 Å². The molecule has 0 unspecified atom stereocenters. The zero-order chi connectivity index (χ0) is 72.0. The van der Waals surface area contributed by atoms with Gasteiger partial charge in [-0.3, -0.25) is 0 Å². The Labute approximate surface area is 575 Å². The minimum atomic E-state index is -1.02. The summed E-state index contributed by atoms with van der Waals surface area (Å²) in [6.45, 7) is 15.9. The van der Waals surface area contributed by atoms with Gasteiger partial charge in [-0.2, -0.15) is 0 Å². The van der Waals surface area contributed by atoms with E-state index in [2.05, 4.69) is 64.6 Å². The second-order valence-corrected chi connectivity index (χ2v) is 26.2. The van der Waals surface area contributed by atoms with Crippen LogP contribution in [0.15, 0.2) is 182 Å². The van der Waals surface area contributed by atoms with E-state index in [1.165, 1.54) is 99.8 Å². The SMILES string of the molecule is CC(C)(C)c1ccc2c(c1)CN(c1c(F)cc(F)cc1F)CO2.CC(C)(C)c1ccc2c(c1)CN(c1ccc(F)cc1)CO2.Fc1cc(F)c(N2COc3ccc(F)cc3C2)c(F)c1.Fc1ccc(N2COc3ccc(F)cc3C2)c(F)c1.Fc1ccc(N2COc3ccc(F)cc3C2)cc1. The lowest BCUT2D eigenvalue weighted by Crippen LogP contribution is -2.33. The van der Waals surface area contributed by atoms with E-state index in [1.807, 2.05) is 23.1 Å². The van der Waals surface area contributed by atoms with Gasteiger partial charge in [0, 0.05) is 82.6 Å². The van der Waals surface area contributed by atoms with Crippen LogP contribution in [0.25, 0.3) is 0 Å². The van der Waals surface area contributed by atoms with Crippen molar-refractivity contribution < 1.29 is 80.8 Å². The molecule has 5 aliphatic rings. The highest BCUT2D eigenvalue weighted by Gasteiger charge is 2.29. The monoisotopic (exact) mass is 1400 g/mol. The van der Waals surface area contributed by atoms with Crippen LogP contribution in [0.1, 0.15) is 80.5 Å². The van der Waals surface area contributed by atoms with Crippen LogP contribution in [0.2, 0.25) is 0 Å². The number of benzene rings is 10. The Morgan fingerprint density at radius 2 is 0.505 bits per heavy atom. The van der Waals surface area contributed by atoms with Gasteiger partial charge in [-0.1, -0.05) is 53.7 Å². The number of fused-ring (bicyclic) bond motifs is 5. The Morgan fingerprint density at radius 1 is 0.248 bits per heavy atom. The van der Waals surface area contributed by atoms with Gasteiger partial charge in [0.25, 0.3) is 0 Å². The van der Waals surface area contributed by atoms with E-state index in [-0.39, 0.29) is 77.9 Å². The molecule has 5 aliphatic heterocycles. The number of anilines is 5. The predicted octanol–water partition coefficient (Wildman–Crippen LogP) is 19.6. The van der Waals surface area contributed by atoms with Crippen molar-refractivity contribution in [2.24, 2.45) is 0 Å². The number of hydrogen-bond acceptors (Lipinski definition) is 10. The van der Waals surface area contributed by atoms with E-state index in [0.717, 1.165) is 46.4 Å². The molecule has 526 valence electrons. The first kappa shape index (κ1) is 71.6. The Balaban J connectivity index is 0.000000127. The van der Waals surface area contributed by atoms with Crippen molar-refractivity contribution in [1.82, 2.24) is 0 Å². The molecular formula is C78H68F13N5O5. The summed E-state index contributed by atoms with van der Waals surface area (Å²) in [4.78, 5) is 8.27. The number of rotatable bonds is 5. The molecule has 101 heavy (non-hydrogen) atoms. The van der Waals surface area contributed by atoms with E-state index in [1.54, 1.807) is 41.3 Å². The van der Waals surface area contributed by atoms with Crippen molar-refractivity contribution >= 4 is 28.4 Å². The van der Waals surface area contributed by atoms with Gasteiger partial charge < -0.3 is 48.2 Å². The van der Waals surface area contributed by atoms with Crippen molar-refractivity contribution in [3.63, 3.8) is 0 Å². The Hall–Kier alpha value is -10.7. The van der Waals surface area contributed by atoms with Gasteiger partial charge in [-0.25, -0.2) is 57.1 Å². The predicted molar refractivity (Wildman–Crippen MR) is 360 cm³/mol. The average molecular weight is 1400 g/mol. The molecule has 15 rings (SSSR count). The lowest BCUT2D eigenvalue weighted by molar-refractivity contribution is 0.285. The normalized spacial score (nSPS) is 14.2. The van der Waals surface area contributed by atoms with Crippen LogP contribution in [0.5, 0.6) is 28.7 Å². The maximum atomic E-state index is 14.0. The summed E-state index contributed by atoms with van der Waals surface area (Å²) in [5, 5.41) is 0. The van der Waals surface area contributed by atoms with Crippen LogP contribution >= 0.6 is 0 Å². The first-order valence-corrected chi connectivity index (χ1v) is 31.8. The summed E-state index contributed by atoms with van der Waals surface area (Å²) in [6, 6.07) is 43.5. The number of ether oxygens (including phenoxy) is 5. The summed E-state index contributed by atoms with van der Waals surface area (Å²) in [5.41, 5.74) is 7.83. The quantitative estimate of drug-likeness (QED) is 0.156. The first-order chi connectivity index (χ1) is 48.1. The molecule has 0 saturated carbocycles. The van der Waals surface area contributed by atoms with Gasteiger partial charge in [0.05, 0.1) is 25.3 Å². The smallest absolute Gasteiger partial charge is 0.161 e. The van der Waals surface area contributed by atoms with Crippen LogP contribution in [0.4, 0.5) is 85.5 Å². The van der Waals surface area contributed by atoms with Gasteiger partial charge in [0.15, 0.2) is 56.9 Å². The van der Waals surface area contributed by atoms with E-state index in [0.29, 0.717) is 91.5 Å². The molecule has 0 radical (unpaired) electrons. The van der Waals surface area contributed by atoms with Crippen molar-refractivity contribution in [3.8, 4) is 28.7 Å². The summed E-state index contributed by atoms with van der Waals surface area (Å²) >= 11 is 0. The molecule has 0 spiro atoms. The van der Waals surface area contributed by atoms with Gasteiger partial charge in [0.1, 0.15) is 92.5 Å². The second-order valence-electron chi connectivity index (χ2n) is 26.2. The lowest BCUT2D eigenvalue weighted by Gasteiger charge is -2.32. The van der Waals surface area contributed by atoms with E-state index < -0.39 is 52.4 Å². The Morgan fingerprint density at radius 3 is 0.842 bits per heavy atom. The van der Waals surface area contributed by atoms with Gasteiger partial charge >= 0.3 is 0 Å². The number of halogens is 13. The summed E-state index contributed by atoms with van der Waals surface area (Å²) < 4.78 is 201. The molecule has 10 nitrogen and oxygen atoms in total. The number of hydrogen-bond donors (Lipinski definition) is 0. The largest absolute Gasteiger partial charge is 0.473 e. The maximum Gasteiger partial charge on any atom is 0.161 e. The van der Waals surface area contributed by atoms with Crippen molar-refractivity contribution in [2.75, 3.05) is 58.2 Å². The minimum absolute atomic E-state index is 0.0152. The van der Waals surface area contributed by atoms with E-state index >= 15 is 0 Å². The lowest BCUT2D eigenvalue weighted by atomic mass is 9.86. The fourth-order valence-electron chi connectivity index (χ4n) is 11.5. The number of nitrogens with zero attached hydrogens (tertiary/aromatic N) is 5. The molecule has 0 fully saturated rings. The molecule has 23 heteroatoms. The molecule has 0 amide bonds. The third-order valence-corrected chi connectivity index (χ3v) is 16.8. The average Bonchev–Trinajstić information content (AvgIpc) is 0.818. The molecule has 0 saturated heterocycles. The third-order valence-electron chi connectivity index (χ3n) is 16.8. The van der Waals surface area contributed by atoms with Crippen LogP contribution < -0.4 is 48.2 Å². The van der Waals surface area contributed by atoms with Crippen molar-refractivity contribution in [2.45, 2.75) is 85.1 Å². The van der Waals surface area contributed by atoms with E-state index in [4.69, 9.17) is 23.7 Å². The molecule has 10 aromatic rings. The first-order valence-electron chi connectivity index (χ1n) is 31.8. The Bertz CT molecular complexity index is 4570. The fraction of sp³-hybridized carbons (Fsp3) is 0.231. The second kappa shape index (κ2) is 30.4. The zero-order valence-corrected chi connectivity index (χ0v) is 55.6. The van der Waals surface area contributed by atoms with Crippen LogP contribution in [-0.4, -0.2) is 33.7 Å². The molecule has 0 aliphatic carbocycles. The molecule has 10 aromatic carbocycles. The summed E-state index contributed by atoms with van der Waals surface area (Å²) in [6.07, 6.45) is 0. The molecule has 0 aromatic heterocycles. The zero-order valence-electron chi connectivity index (χ0n) is 55.6. The minimum Gasteiger partial charge on any atom is -0.473 e. The summed E-state index contributed by atoms with van der Waals surface area (Å²) in [5.74, 6) is -5.33. The highest BCUT2D eigenvalue weighted by molar-refractivity contribution is 5.57. The van der Waals surface area contributed by atoms with Gasteiger partial charge in [-0.15, -0.1) is 0 Å². The fourth-order valence-corrected chi connectivity index (χ4v) is 11.5. The van der Waals surface area contributed by atoms with Gasteiger partial charge in [-0.05, 0) is 161 Å². The van der Waals surface area contributed by atoms with Crippen LogP contribution in [-0.2, 0) is 43.6 Å². The topological polar surface area (TPSA) is 62.3 Å². The third kappa shape index (κ3) is 17.7. The molecule has 0 N–H and O–H groups in total. The maximum absolute atomic E-state index is 14.0. The highest BCUT2D eigenvalue weighted by atomic mass is 19.2. The standard InChI is InChI=1S/C18H18F3NO.C18H20FNO.C14H9F4NO.C14H10F3NO.C14H11F2NO/c1-18(2,3)12-4-5-16-11(6-12)9-22(10-23-16)17-14(20)7-13(19)8-15(17)21;1-18(2,3)14-4-9-17-13(10-14)11-20(12-21-17)16-7-5-15(19)6-8-16;15-9-1-2-13-8(3-9)6-19(7-20-13)14-11(17)4-10(16)5-12(14)18;15-10-2-4-14-9(5-10)7-18(8-19-14)13-3-1-11(16)6-12(13)17;15-11-1-4-13(5-2-11)17-8-10-7-12(16)3-6-14(10)18-9-17/h4-8H,9-10H2,1-3H3;4-10H,11-12H2,1-3H3;1-5H,6-7H2;1-6H,7-8H2;1-7H,8-9H2. The van der Waals surface area contributed by atoms with Crippen LogP contribution in [0, 0.1) is 75.6 Å².